The zero-order valence-electron chi connectivity index (χ0n) is 14.3. The van der Waals surface area contributed by atoms with E-state index in [1.165, 1.54) is 5.69 Å². The number of nitrogens with one attached hydrogen (secondary N) is 2. The van der Waals surface area contributed by atoms with Crippen molar-refractivity contribution in [1.82, 2.24) is 14.8 Å². The lowest BCUT2D eigenvalue weighted by molar-refractivity contribution is 0.461. The maximum absolute atomic E-state index is 4.36. The van der Waals surface area contributed by atoms with Gasteiger partial charge in [0, 0.05) is 51.8 Å². The second-order valence-corrected chi connectivity index (χ2v) is 5.59. The quantitative estimate of drug-likeness (QED) is 0.469. The average molecular weight is 313 g/mol. The maximum Gasteiger partial charge on any atom is 0.193 e. The monoisotopic (exact) mass is 313 g/mol. The molecule has 0 saturated carbocycles. The third-order valence-electron chi connectivity index (χ3n) is 3.76. The van der Waals surface area contributed by atoms with Crippen molar-refractivity contribution in [2.24, 2.45) is 12.0 Å². The number of nitrogens with zero attached hydrogens (tertiary/aromatic N) is 3. The molecule has 0 fully saturated rings. The van der Waals surface area contributed by atoms with Crippen LogP contribution < -0.4 is 10.6 Å². The van der Waals surface area contributed by atoms with Gasteiger partial charge in [0.2, 0.25) is 0 Å². The van der Waals surface area contributed by atoms with Crippen LogP contribution >= 0.6 is 0 Å². The number of benzene rings is 1. The minimum atomic E-state index is 0.839. The van der Waals surface area contributed by atoms with Crippen LogP contribution in [0.5, 0.6) is 0 Å². The molecule has 0 spiro atoms. The van der Waals surface area contributed by atoms with Gasteiger partial charge in [-0.2, -0.15) is 0 Å². The van der Waals surface area contributed by atoms with E-state index < -0.39 is 0 Å². The summed E-state index contributed by atoms with van der Waals surface area (Å²) in [6.45, 7) is 2.67. The molecule has 124 valence electrons. The van der Waals surface area contributed by atoms with Gasteiger partial charge < -0.3 is 20.1 Å². The summed E-state index contributed by atoms with van der Waals surface area (Å²) < 4.78 is 2.13. The van der Waals surface area contributed by atoms with E-state index in [0.29, 0.717) is 0 Å². The molecule has 0 aliphatic heterocycles. The number of para-hydroxylation sites is 1. The Hall–Kier alpha value is -2.43. The first-order valence-corrected chi connectivity index (χ1v) is 8.01. The fraction of sp³-hybridized carbons (Fsp3) is 0.389. The van der Waals surface area contributed by atoms with Crippen molar-refractivity contribution in [3.05, 3.63) is 54.4 Å². The fourth-order valence-corrected chi connectivity index (χ4v) is 2.44. The summed E-state index contributed by atoms with van der Waals surface area (Å²) in [5.74, 6) is 0.922. The van der Waals surface area contributed by atoms with Gasteiger partial charge in [0.1, 0.15) is 0 Å². The van der Waals surface area contributed by atoms with Crippen molar-refractivity contribution in [3.63, 3.8) is 0 Å². The van der Waals surface area contributed by atoms with Gasteiger partial charge >= 0.3 is 0 Å². The molecule has 0 aliphatic carbocycles. The molecule has 0 aliphatic rings. The van der Waals surface area contributed by atoms with E-state index in [4.69, 9.17) is 0 Å². The first-order chi connectivity index (χ1) is 11.2. The molecule has 0 atom stereocenters. The first kappa shape index (κ1) is 16.9. The largest absolute Gasteiger partial charge is 0.385 e. The third-order valence-corrected chi connectivity index (χ3v) is 3.76. The summed E-state index contributed by atoms with van der Waals surface area (Å²) in [4.78, 5) is 6.49. The van der Waals surface area contributed by atoms with Crippen LogP contribution in [-0.2, 0) is 13.6 Å². The lowest BCUT2D eigenvalue weighted by Gasteiger charge is -2.22. The Balaban J connectivity index is 1.69. The number of aromatic nitrogens is 1. The minimum absolute atomic E-state index is 0.839. The van der Waals surface area contributed by atoms with Crippen LogP contribution in [0.4, 0.5) is 5.69 Å². The molecule has 0 unspecified atom stereocenters. The van der Waals surface area contributed by atoms with Gasteiger partial charge in [-0.25, -0.2) is 0 Å². The van der Waals surface area contributed by atoms with Gasteiger partial charge in [0.25, 0.3) is 0 Å². The summed E-state index contributed by atoms with van der Waals surface area (Å²) in [6, 6.07) is 14.5. The normalized spacial score (nSPS) is 11.3. The van der Waals surface area contributed by atoms with Crippen molar-refractivity contribution < 1.29 is 0 Å². The van der Waals surface area contributed by atoms with Crippen molar-refractivity contribution in [2.75, 3.05) is 32.5 Å². The Labute approximate surface area is 139 Å². The van der Waals surface area contributed by atoms with Crippen molar-refractivity contribution in [3.8, 4) is 0 Å². The number of hydrogen-bond donors (Lipinski definition) is 2. The van der Waals surface area contributed by atoms with Gasteiger partial charge in [-0.05, 0) is 30.7 Å². The van der Waals surface area contributed by atoms with Gasteiger partial charge in [-0.1, -0.05) is 18.2 Å². The molecule has 0 bridgehead atoms. The molecule has 23 heavy (non-hydrogen) atoms. The van der Waals surface area contributed by atoms with E-state index in [9.17, 15) is 0 Å². The maximum atomic E-state index is 4.36. The van der Waals surface area contributed by atoms with Crippen LogP contribution in [0.15, 0.2) is 53.7 Å². The molecule has 0 radical (unpaired) electrons. The number of hydrogen-bond acceptors (Lipinski definition) is 2. The van der Waals surface area contributed by atoms with Crippen LogP contribution in [0.25, 0.3) is 0 Å². The van der Waals surface area contributed by atoms with Crippen molar-refractivity contribution >= 4 is 11.6 Å². The molecule has 2 N–H and O–H groups in total. The molecule has 0 amide bonds. The molecular formula is C18H27N5. The van der Waals surface area contributed by atoms with E-state index in [0.717, 1.165) is 37.7 Å². The van der Waals surface area contributed by atoms with Gasteiger partial charge in [0.05, 0.1) is 6.54 Å². The zero-order valence-corrected chi connectivity index (χ0v) is 14.3. The van der Waals surface area contributed by atoms with E-state index in [2.05, 4.69) is 69.7 Å². The lowest BCUT2D eigenvalue weighted by atomic mass is 10.3. The molecule has 2 aromatic rings. The highest BCUT2D eigenvalue weighted by atomic mass is 15.3. The van der Waals surface area contributed by atoms with Crippen LogP contribution in [0.3, 0.4) is 0 Å². The summed E-state index contributed by atoms with van der Waals surface area (Å²) in [6.07, 6.45) is 3.10. The molecular weight excluding hydrogens is 286 g/mol. The molecule has 2 rings (SSSR count). The Kier molecular flexibility index (Phi) is 6.54. The summed E-state index contributed by atoms with van der Waals surface area (Å²) in [5, 5.41) is 6.83. The highest BCUT2D eigenvalue weighted by Crippen LogP contribution is 2.05. The highest BCUT2D eigenvalue weighted by Gasteiger charge is 2.07. The Morgan fingerprint density at radius 2 is 1.91 bits per heavy atom. The van der Waals surface area contributed by atoms with E-state index in [1.807, 2.05) is 25.2 Å². The third kappa shape index (κ3) is 5.36. The standard InChI is InChI=1S/C18H27N5/c1-19-18(23(3)15-17-11-7-14-22(17)2)21-13-8-12-20-16-9-5-4-6-10-16/h4-7,9-11,14,20H,8,12-13,15H2,1-3H3,(H,19,21). The molecule has 5 nitrogen and oxygen atoms in total. The van der Waals surface area contributed by atoms with Gasteiger partial charge in [0.15, 0.2) is 5.96 Å². The number of aryl methyl sites for hydroxylation is 1. The fourth-order valence-electron chi connectivity index (χ4n) is 2.44. The minimum Gasteiger partial charge on any atom is -0.385 e. The van der Waals surface area contributed by atoms with Crippen LogP contribution in [0, 0.1) is 0 Å². The zero-order chi connectivity index (χ0) is 16.5. The van der Waals surface area contributed by atoms with E-state index >= 15 is 0 Å². The summed E-state index contributed by atoms with van der Waals surface area (Å²) in [7, 11) is 5.95. The summed E-state index contributed by atoms with van der Waals surface area (Å²) >= 11 is 0. The Morgan fingerprint density at radius 1 is 1.13 bits per heavy atom. The second kappa shape index (κ2) is 8.88. The topological polar surface area (TPSA) is 44.6 Å². The molecule has 1 aromatic heterocycles. The number of aliphatic imine (C=N–C) groups is 1. The average Bonchev–Trinajstić information content (AvgIpc) is 2.96. The van der Waals surface area contributed by atoms with E-state index in [1.54, 1.807) is 0 Å². The molecule has 1 heterocycles. The van der Waals surface area contributed by atoms with Crippen LogP contribution in [-0.4, -0.2) is 42.6 Å². The Bertz CT molecular complexity index is 603. The Morgan fingerprint density at radius 3 is 2.57 bits per heavy atom. The van der Waals surface area contributed by atoms with Crippen LogP contribution in [0.2, 0.25) is 0 Å². The second-order valence-electron chi connectivity index (χ2n) is 5.59. The number of anilines is 1. The predicted molar refractivity (Wildman–Crippen MR) is 97.8 cm³/mol. The van der Waals surface area contributed by atoms with Gasteiger partial charge in [-0.3, -0.25) is 4.99 Å². The predicted octanol–water partition coefficient (Wildman–Crippen LogP) is 2.53. The first-order valence-electron chi connectivity index (χ1n) is 8.01. The molecule has 0 saturated heterocycles. The number of guanidine groups is 1. The van der Waals surface area contributed by atoms with Crippen molar-refractivity contribution in [1.29, 1.82) is 0 Å². The van der Waals surface area contributed by atoms with Crippen LogP contribution in [0.1, 0.15) is 12.1 Å². The summed E-state index contributed by atoms with van der Waals surface area (Å²) in [5.41, 5.74) is 2.43. The smallest absolute Gasteiger partial charge is 0.193 e. The molecule has 1 aromatic carbocycles. The lowest BCUT2D eigenvalue weighted by Crippen LogP contribution is -2.39. The van der Waals surface area contributed by atoms with Crippen molar-refractivity contribution in [2.45, 2.75) is 13.0 Å². The SMILES string of the molecule is CN=C(NCCCNc1ccccc1)N(C)Cc1cccn1C. The van der Waals surface area contributed by atoms with Gasteiger partial charge in [-0.15, -0.1) is 0 Å². The molecule has 5 heteroatoms. The van der Waals surface area contributed by atoms with E-state index in [-0.39, 0.29) is 0 Å². The number of rotatable bonds is 7. The highest BCUT2D eigenvalue weighted by molar-refractivity contribution is 5.79.